The van der Waals surface area contributed by atoms with E-state index in [1.165, 1.54) is 22.3 Å². The van der Waals surface area contributed by atoms with Gasteiger partial charge in [0.2, 0.25) is 0 Å². The summed E-state index contributed by atoms with van der Waals surface area (Å²) < 4.78 is 2.48. The third kappa shape index (κ3) is 6.97. The minimum atomic E-state index is -0.224. The number of rotatable bonds is 7. The number of aromatic nitrogens is 1. The van der Waals surface area contributed by atoms with Crippen molar-refractivity contribution in [2.45, 2.75) is 38.5 Å². The number of para-hydroxylation sites is 6. The number of benzene rings is 11. The summed E-state index contributed by atoms with van der Waals surface area (Å²) >= 11 is 0. The van der Waals surface area contributed by atoms with Crippen LogP contribution in [0.3, 0.4) is 0 Å². The largest absolute Gasteiger partial charge is 0.310 e. The van der Waals surface area contributed by atoms with Gasteiger partial charge in [-0.05, 0) is 105 Å². The van der Waals surface area contributed by atoms with Crippen molar-refractivity contribution in [3.05, 3.63) is 283 Å². The summed E-state index contributed by atoms with van der Waals surface area (Å²) in [4.78, 5) is 4.83. The lowest BCUT2D eigenvalue weighted by molar-refractivity contribution is 0.632. The smallest absolute Gasteiger partial charge is 0.100 e. The van der Waals surface area contributed by atoms with Crippen molar-refractivity contribution in [2.75, 3.05) is 9.80 Å². The van der Waals surface area contributed by atoms with Gasteiger partial charge in [-0.1, -0.05) is 222 Å². The Bertz CT molecular complexity index is 4000. The maximum absolute atomic E-state index is 12.4. The summed E-state index contributed by atoms with van der Waals surface area (Å²) in [5, 5.41) is 14.7. The first-order valence-electron chi connectivity index (χ1n) is 26.7. The first-order valence-corrected chi connectivity index (χ1v) is 26.7. The lowest BCUT2D eigenvalue weighted by Gasteiger charge is -2.42. The van der Waals surface area contributed by atoms with Crippen LogP contribution >= 0.6 is 0 Å². The molecule has 0 radical (unpaired) electrons. The fourth-order valence-electron chi connectivity index (χ4n) is 13.1. The van der Waals surface area contributed by atoms with Crippen molar-refractivity contribution in [3.63, 3.8) is 0 Å². The molecular formula is C73H54N4. The quantitative estimate of drug-likeness (QED) is 0.160. The number of anilines is 6. The van der Waals surface area contributed by atoms with Crippen LogP contribution in [0.1, 0.15) is 55.5 Å². The SMILES string of the molecule is CC1(C)c2ccccc2N(c2cccc(-c3c(C#N)c(-c4cccc(N5c6ccccc6C(C)(C)c6ccccc65)c4)c(-c4ccccc4)c(-n4c5ccccc5c5ccccc54)c3-c3ccccc3)c2)c2ccccc21. The van der Waals surface area contributed by atoms with Crippen molar-refractivity contribution in [3.8, 4) is 56.3 Å². The fraction of sp³-hybridized carbons (Fsp3) is 0.0822. The Balaban J connectivity index is 1.14. The summed E-state index contributed by atoms with van der Waals surface area (Å²) in [7, 11) is 0. The molecule has 14 rings (SSSR count). The van der Waals surface area contributed by atoms with Crippen LogP contribution < -0.4 is 9.80 Å². The average molecular weight is 987 g/mol. The van der Waals surface area contributed by atoms with E-state index in [1.54, 1.807) is 0 Å². The summed E-state index contributed by atoms with van der Waals surface area (Å²) in [6, 6.07) is 95.1. The van der Waals surface area contributed by atoms with Crippen LogP contribution in [0.4, 0.5) is 34.1 Å². The summed E-state index contributed by atoms with van der Waals surface area (Å²) in [6.07, 6.45) is 0. The molecule has 2 aliphatic heterocycles. The van der Waals surface area contributed by atoms with Gasteiger partial charge in [0.1, 0.15) is 6.07 Å². The Hall–Kier alpha value is -9.69. The Labute approximate surface area is 450 Å². The zero-order valence-electron chi connectivity index (χ0n) is 43.5. The molecule has 11 aromatic carbocycles. The molecule has 0 amide bonds. The van der Waals surface area contributed by atoms with Gasteiger partial charge in [0.15, 0.2) is 0 Å². The molecule has 0 saturated heterocycles. The van der Waals surface area contributed by atoms with E-state index in [-0.39, 0.29) is 10.8 Å². The molecule has 0 fully saturated rings. The molecule has 0 unspecified atom stereocenters. The molecule has 0 N–H and O–H groups in total. The zero-order chi connectivity index (χ0) is 52.0. The summed E-state index contributed by atoms with van der Waals surface area (Å²) in [5.41, 5.74) is 22.6. The van der Waals surface area contributed by atoms with E-state index in [1.807, 2.05) is 0 Å². The third-order valence-electron chi connectivity index (χ3n) is 16.6. The minimum Gasteiger partial charge on any atom is -0.310 e. The van der Waals surface area contributed by atoms with Gasteiger partial charge in [-0.25, -0.2) is 0 Å². The van der Waals surface area contributed by atoms with Gasteiger partial charge in [-0.3, -0.25) is 0 Å². The van der Waals surface area contributed by atoms with E-state index in [0.29, 0.717) is 5.56 Å². The second kappa shape index (κ2) is 17.7. The van der Waals surface area contributed by atoms with Crippen LogP contribution in [0.25, 0.3) is 72.0 Å². The van der Waals surface area contributed by atoms with Crippen molar-refractivity contribution in [1.29, 1.82) is 5.26 Å². The van der Waals surface area contributed by atoms with Gasteiger partial charge in [0.05, 0.1) is 45.0 Å². The zero-order valence-corrected chi connectivity index (χ0v) is 43.5. The predicted octanol–water partition coefficient (Wildman–Crippen LogP) is 19.5. The summed E-state index contributed by atoms with van der Waals surface area (Å²) in [6.45, 7) is 9.31. The molecule has 4 nitrogen and oxygen atoms in total. The molecule has 3 heterocycles. The topological polar surface area (TPSA) is 35.2 Å². The van der Waals surface area contributed by atoms with Crippen molar-refractivity contribution >= 4 is 55.9 Å². The maximum atomic E-state index is 12.4. The van der Waals surface area contributed by atoms with E-state index < -0.39 is 0 Å². The highest BCUT2D eigenvalue weighted by Crippen LogP contribution is 2.57. The van der Waals surface area contributed by atoms with E-state index in [0.717, 1.165) is 106 Å². The van der Waals surface area contributed by atoms with Crippen molar-refractivity contribution in [1.82, 2.24) is 4.57 Å². The molecule has 0 spiro atoms. The lowest BCUT2D eigenvalue weighted by Crippen LogP contribution is -2.30. The predicted molar refractivity (Wildman–Crippen MR) is 321 cm³/mol. The van der Waals surface area contributed by atoms with Gasteiger partial charge in [0.25, 0.3) is 0 Å². The molecular weight excluding hydrogens is 933 g/mol. The highest BCUT2D eigenvalue weighted by molar-refractivity contribution is 6.14. The number of nitriles is 1. The summed E-state index contributed by atoms with van der Waals surface area (Å²) in [5.74, 6) is 0. The Morgan fingerprint density at radius 1 is 0.325 bits per heavy atom. The average Bonchev–Trinajstić information content (AvgIpc) is 3.92. The molecule has 366 valence electrons. The molecule has 0 bridgehead atoms. The molecule has 1 aromatic heterocycles. The Kier molecular flexibility index (Phi) is 10.6. The normalized spacial score (nSPS) is 13.9. The monoisotopic (exact) mass is 986 g/mol. The molecule has 4 heteroatoms. The molecule has 12 aromatic rings. The van der Waals surface area contributed by atoms with Crippen molar-refractivity contribution in [2.24, 2.45) is 0 Å². The standard InChI is InChI=1S/C73H54N4/c1-72(2)57-35-13-19-41-63(57)75(64-42-20-14-36-58(64)72)52-31-23-29-50(45-52)67-56(47-74)68(51-30-24-32-53(46-51)76-65-43-21-15-37-59(65)73(3,4)60-38-16-22-44-66(60)76)70(49-27-9-6-10-28-49)71(69(67)48-25-7-5-8-26-48)77-61-39-17-11-33-54(61)55-34-12-18-40-62(55)77/h5-46H,1-4H3. The number of hydrogen-bond acceptors (Lipinski definition) is 3. The van der Waals surface area contributed by atoms with Gasteiger partial charge < -0.3 is 14.4 Å². The van der Waals surface area contributed by atoms with Gasteiger partial charge >= 0.3 is 0 Å². The van der Waals surface area contributed by atoms with Crippen LogP contribution in [-0.2, 0) is 10.8 Å². The van der Waals surface area contributed by atoms with Crippen LogP contribution in [0.15, 0.2) is 255 Å². The maximum Gasteiger partial charge on any atom is 0.100 e. The Morgan fingerprint density at radius 3 is 1.03 bits per heavy atom. The minimum absolute atomic E-state index is 0.224. The number of hydrogen-bond donors (Lipinski definition) is 0. The van der Waals surface area contributed by atoms with E-state index >= 15 is 0 Å². The van der Waals surface area contributed by atoms with Crippen LogP contribution in [0.5, 0.6) is 0 Å². The second-order valence-electron chi connectivity index (χ2n) is 21.5. The van der Waals surface area contributed by atoms with Crippen LogP contribution in [0, 0.1) is 11.3 Å². The van der Waals surface area contributed by atoms with Crippen molar-refractivity contribution < 1.29 is 0 Å². The molecule has 0 saturated carbocycles. The fourth-order valence-corrected chi connectivity index (χ4v) is 13.1. The number of fused-ring (bicyclic) bond motifs is 7. The van der Waals surface area contributed by atoms with Gasteiger partial charge in [-0.15, -0.1) is 0 Å². The van der Waals surface area contributed by atoms with Crippen LogP contribution in [0.2, 0.25) is 0 Å². The number of nitrogens with zero attached hydrogens (tertiary/aromatic N) is 4. The highest BCUT2D eigenvalue weighted by atomic mass is 15.2. The lowest BCUT2D eigenvalue weighted by atomic mass is 9.73. The van der Waals surface area contributed by atoms with E-state index in [2.05, 4.69) is 303 Å². The first-order chi connectivity index (χ1) is 37.7. The molecule has 77 heavy (non-hydrogen) atoms. The third-order valence-corrected chi connectivity index (χ3v) is 16.6. The highest BCUT2D eigenvalue weighted by Gasteiger charge is 2.39. The van der Waals surface area contributed by atoms with Gasteiger partial charge in [0, 0.05) is 55.2 Å². The first kappa shape index (κ1) is 45.9. The van der Waals surface area contributed by atoms with E-state index in [9.17, 15) is 5.26 Å². The van der Waals surface area contributed by atoms with E-state index in [4.69, 9.17) is 0 Å². The van der Waals surface area contributed by atoms with Crippen LogP contribution in [-0.4, -0.2) is 4.57 Å². The molecule has 0 atom stereocenters. The molecule has 2 aliphatic rings. The van der Waals surface area contributed by atoms with Gasteiger partial charge in [-0.2, -0.15) is 5.26 Å². The Morgan fingerprint density at radius 2 is 0.649 bits per heavy atom. The molecule has 0 aliphatic carbocycles. The second-order valence-corrected chi connectivity index (χ2v) is 21.5.